The fourth-order valence-electron chi connectivity index (χ4n) is 3.53. The van der Waals surface area contributed by atoms with Crippen LogP contribution in [0.1, 0.15) is 0 Å². The number of hydrogen-bond donors (Lipinski definition) is 2. The third kappa shape index (κ3) is 4.06. The Bertz CT molecular complexity index is 1370. The fraction of sp³-hybridized carbons (Fsp3) is 0.0400. The molecule has 0 unspecified atom stereocenters. The SMILES string of the molecule is Cn1ccc2cc(NC(=O)Nc3cccc(-c4nc(-c5ccccc5)cs4)c3)ccc21. The summed E-state index contributed by atoms with van der Waals surface area (Å²) >= 11 is 1.59. The predicted molar refractivity (Wildman–Crippen MR) is 129 cm³/mol. The van der Waals surface area contributed by atoms with Crippen LogP contribution < -0.4 is 10.6 Å². The second kappa shape index (κ2) is 8.08. The van der Waals surface area contributed by atoms with E-state index in [1.54, 1.807) is 11.3 Å². The summed E-state index contributed by atoms with van der Waals surface area (Å²) in [5.74, 6) is 0. The first-order valence-corrected chi connectivity index (χ1v) is 10.8. The van der Waals surface area contributed by atoms with Gasteiger partial charge in [0.1, 0.15) is 5.01 Å². The van der Waals surface area contributed by atoms with Gasteiger partial charge in [-0.3, -0.25) is 0 Å². The van der Waals surface area contributed by atoms with Crippen molar-refractivity contribution in [3.05, 3.63) is 90.4 Å². The molecule has 0 bridgehead atoms. The minimum absolute atomic E-state index is 0.281. The van der Waals surface area contributed by atoms with E-state index in [-0.39, 0.29) is 6.03 Å². The van der Waals surface area contributed by atoms with E-state index in [1.165, 1.54) is 0 Å². The first-order chi connectivity index (χ1) is 15.2. The zero-order valence-electron chi connectivity index (χ0n) is 16.9. The van der Waals surface area contributed by atoms with Crippen LogP contribution in [0.25, 0.3) is 32.7 Å². The van der Waals surface area contributed by atoms with Crippen LogP contribution in [0.3, 0.4) is 0 Å². The van der Waals surface area contributed by atoms with E-state index < -0.39 is 0 Å². The summed E-state index contributed by atoms with van der Waals surface area (Å²) in [6.07, 6.45) is 2.00. The van der Waals surface area contributed by atoms with Gasteiger partial charge >= 0.3 is 6.03 Å². The number of urea groups is 1. The molecule has 31 heavy (non-hydrogen) atoms. The smallest absolute Gasteiger partial charge is 0.323 e. The molecule has 6 heteroatoms. The predicted octanol–water partition coefficient (Wildman–Crippen LogP) is 6.61. The Morgan fingerprint density at radius 3 is 2.48 bits per heavy atom. The highest BCUT2D eigenvalue weighted by molar-refractivity contribution is 7.13. The van der Waals surface area contributed by atoms with Gasteiger partial charge in [0.15, 0.2) is 0 Å². The Kier molecular flexibility index (Phi) is 4.98. The molecule has 2 amide bonds. The average Bonchev–Trinajstić information content (AvgIpc) is 3.42. The molecule has 0 radical (unpaired) electrons. The first kappa shape index (κ1) is 19.1. The van der Waals surface area contributed by atoms with Gasteiger partial charge in [0.2, 0.25) is 0 Å². The molecule has 0 fully saturated rings. The highest BCUT2D eigenvalue weighted by Gasteiger charge is 2.09. The van der Waals surface area contributed by atoms with E-state index in [0.717, 1.165) is 38.4 Å². The van der Waals surface area contributed by atoms with Gasteiger partial charge in [-0.05, 0) is 36.4 Å². The van der Waals surface area contributed by atoms with Gasteiger partial charge in [-0.1, -0.05) is 42.5 Å². The number of aromatic nitrogens is 2. The van der Waals surface area contributed by atoms with E-state index in [0.29, 0.717) is 5.69 Å². The molecular weight excluding hydrogens is 404 g/mol. The van der Waals surface area contributed by atoms with Crippen molar-refractivity contribution in [2.75, 3.05) is 10.6 Å². The summed E-state index contributed by atoms with van der Waals surface area (Å²) in [5.41, 5.74) is 5.60. The average molecular weight is 425 g/mol. The van der Waals surface area contributed by atoms with Gasteiger partial charge in [0.05, 0.1) is 5.69 Å². The number of anilines is 2. The molecule has 2 heterocycles. The van der Waals surface area contributed by atoms with Crippen LogP contribution in [0.5, 0.6) is 0 Å². The lowest BCUT2D eigenvalue weighted by Gasteiger charge is -2.09. The lowest BCUT2D eigenvalue weighted by Crippen LogP contribution is -2.19. The highest BCUT2D eigenvalue weighted by Crippen LogP contribution is 2.30. The molecule has 3 aromatic carbocycles. The number of fused-ring (bicyclic) bond motifs is 1. The quantitative estimate of drug-likeness (QED) is 0.341. The van der Waals surface area contributed by atoms with Gasteiger partial charge in [-0.2, -0.15) is 0 Å². The normalized spacial score (nSPS) is 10.9. The van der Waals surface area contributed by atoms with Gasteiger partial charge in [-0.25, -0.2) is 9.78 Å². The van der Waals surface area contributed by atoms with Gasteiger partial charge in [0, 0.05) is 52.0 Å². The minimum atomic E-state index is -0.281. The van der Waals surface area contributed by atoms with E-state index in [9.17, 15) is 4.79 Å². The van der Waals surface area contributed by atoms with Crippen molar-refractivity contribution in [3.63, 3.8) is 0 Å². The maximum atomic E-state index is 12.5. The molecule has 0 saturated heterocycles. The van der Waals surface area contributed by atoms with Crippen LogP contribution in [-0.4, -0.2) is 15.6 Å². The fourth-order valence-corrected chi connectivity index (χ4v) is 4.36. The third-order valence-electron chi connectivity index (χ3n) is 5.08. The summed E-state index contributed by atoms with van der Waals surface area (Å²) in [5, 5.41) is 9.87. The topological polar surface area (TPSA) is 59.0 Å². The van der Waals surface area contributed by atoms with Crippen molar-refractivity contribution in [1.29, 1.82) is 0 Å². The molecule has 0 spiro atoms. The molecule has 2 aromatic heterocycles. The molecule has 5 rings (SSSR count). The van der Waals surface area contributed by atoms with E-state index in [4.69, 9.17) is 4.98 Å². The summed E-state index contributed by atoms with van der Waals surface area (Å²) in [4.78, 5) is 17.3. The maximum absolute atomic E-state index is 12.5. The Labute approximate surface area is 184 Å². The molecule has 0 atom stereocenters. The summed E-state index contributed by atoms with van der Waals surface area (Å²) < 4.78 is 2.05. The number of thiazole rings is 1. The molecule has 0 saturated carbocycles. The first-order valence-electron chi connectivity index (χ1n) is 9.90. The van der Waals surface area contributed by atoms with Crippen LogP contribution in [-0.2, 0) is 7.05 Å². The van der Waals surface area contributed by atoms with Crippen LogP contribution in [0.2, 0.25) is 0 Å². The molecule has 152 valence electrons. The van der Waals surface area contributed by atoms with Crippen molar-refractivity contribution in [1.82, 2.24) is 9.55 Å². The number of nitrogens with one attached hydrogen (secondary N) is 2. The molecule has 5 nitrogen and oxygen atoms in total. The van der Waals surface area contributed by atoms with Crippen molar-refractivity contribution in [2.24, 2.45) is 7.05 Å². The molecule has 2 N–H and O–H groups in total. The Hall–Kier alpha value is -3.90. The zero-order valence-corrected chi connectivity index (χ0v) is 17.7. The van der Waals surface area contributed by atoms with Crippen LogP contribution in [0, 0.1) is 0 Å². The number of nitrogens with zero attached hydrogens (tertiary/aromatic N) is 2. The largest absolute Gasteiger partial charge is 0.351 e. The molecular formula is C25H20N4OS. The number of amides is 2. The van der Waals surface area contributed by atoms with Crippen molar-refractivity contribution < 1.29 is 4.79 Å². The molecule has 0 aliphatic rings. The number of carbonyl (C=O) groups is 1. The van der Waals surface area contributed by atoms with Gasteiger partial charge in [0.25, 0.3) is 0 Å². The monoisotopic (exact) mass is 424 g/mol. The van der Waals surface area contributed by atoms with Crippen molar-refractivity contribution in [3.8, 4) is 21.8 Å². The Balaban J connectivity index is 1.31. The minimum Gasteiger partial charge on any atom is -0.351 e. The Morgan fingerprint density at radius 2 is 1.65 bits per heavy atom. The summed E-state index contributed by atoms with van der Waals surface area (Å²) in [7, 11) is 2.00. The van der Waals surface area contributed by atoms with E-state index >= 15 is 0 Å². The van der Waals surface area contributed by atoms with Crippen LogP contribution in [0.4, 0.5) is 16.2 Å². The second-order valence-corrected chi connectivity index (χ2v) is 8.12. The van der Waals surface area contributed by atoms with E-state index in [1.807, 2.05) is 96.7 Å². The lowest BCUT2D eigenvalue weighted by atomic mass is 10.2. The number of aryl methyl sites for hydroxylation is 1. The number of benzene rings is 3. The Morgan fingerprint density at radius 1 is 0.871 bits per heavy atom. The maximum Gasteiger partial charge on any atom is 0.323 e. The summed E-state index contributed by atoms with van der Waals surface area (Å²) in [6, 6.07) is 25.4. The highest BCUT2D eigenvalue weighted by atomic mass is 32.1. The van der Waals surface area contributed by atoms with Crippen LogP contribution >= 0.6 is 11.3 Å². The van der Waals surface area contributed by atoms with Gasteiger partial charge < -0.3 is 15.2 Å². The summed E-state index contributed by atoms with van der Waals surface area (Å²) in [6.45, 7) is 0. The third-order valence-corrected chi connectivity index (χ3v) is 5.98. The second-order valence-electron chi connectivity index (χ2n) is 7.26. The van der Waals surface area contributed by atoms with E-state index in [2.05, 4.69) is 16.0 Å². The zero-order chi connectivity index (χ0) is 21.2. The van der Waals surface area contributed by atoms with Crippen LogP contribution in [0.15, 0.2) is 90.4 Å². The van der Waals surface area contributed by atoms with Crippen molar-refractivity contribution >= 4 is 39.6 Å². The molecule has 0 aliphatic heterocycles. The van der Waals surface area contributed by atoms with Gasteiger partial charge in [-0.15, -0.1) is 11.3 Å². The standard InChI is InChI=1S/C25H20N4OS/c1-29-13-12-18-14-21(10-11-23(18)29)27-25(30)26-20-9-5-8-19(15-20)24-28-22(16-31-24)17-6-3-2-4-7-17/h2-16H,1H3,(H2,26,27,30). The number of hydrogen-bond acceptors (Lipinski definition) is 3. The molecule has 5 aromatic rings. The molecule has 0 aliphatic carbocycles. The van der Waals surface area contributed by atoms with Crippen molar-refractivity contribution in [2.45, 2.75) is 0 Å². The lowest BCUT2D eigenvalue weighted by molar-refractivity contribution is 0.262. The number of rotatable bonds is 4. The number of carbonyl (C=O) groups excluding carboxylic acids is 1.